The molecular weight excluding hydrogens is 411 g/mol. The summed E-state index contributed by atoms with van der Waals surface area (Å²) in [7, 11) is 0. The van der Waals surface area contributed by atoms with Gasteiger partial charge in [0.25, 0.3) is 5.91 Å². The fourth-order valence-electron chi connectivity index (χ4n) is 3.90. The smallest absolute Gasteiger partial charge is 0.253 e. The van der Waals surface area contributed by atoms with E-state index in [9.17, 15) is 14.0 Å². The summed E-state index contributed by atoms with van der Waals surface area (Å²) in [6.07, 6.45) is 1.47. The van der Waals surface area contributed by atoms with Crippen LogP contribution in [-0.4, -0.2) is 43.0 Å². The number of hydrogen-bond acceptors (Lipinski definition) is 4. The molecule has 3 rings (SSSR count). The van der Waals surface area contributed by atoms with Gasteiger partial charge in [0.05, 0.1) is 25.2 Å². The maximum atomic E-state index is 13.2. The summed E-state index contributed by atoms with van der Waals surface area (Å²) in [5.74, 6) is 0.405. The molecule has 1 N–H and O–H groups in total. The Hall–Kier alpha value is -3.09. The first-order chi connectivity index (χ1) is 15.4. The average Bonchev–Trinajstić information content (AvgIpc) is 2.80. The molecule has 1 saturated heterocycles. The SMILES string of the molecule is CCOc1ccc([C@@H](C)NC(=O)[C@H]2CCCN(C(=O)c3ccc(F)cc3)C2)cc1OCC. The van der Waals surface area contributed by atoms with Crippen molar-refractivity contribution in [2.24, 2.45) is 5.92 Å². The maximum absolute atomic E-state index is 13.2. The number of hydrogen-bond donors (Lipinski definition) is 1. The number of carbonyl (C=O) groups excluding carboxylic acids is 2. The number of rotatable bonds is 8. The summed E-state index contributed by atoms with van der Waals surface area (Å²) >= 11 is 0. The Labute approximate surface area is 188 Å². The van der Waals surface area contributed by atoms with Gasteiger partial charge in [0.2, 0.25) is 5.91 Å². The van der Waals surface area contributed by atoms with Crippen molar-refractivity contribution < 1.29 is 23.5 Å². The lowest BCUT2D eigenvalue weighted by Crippen LogP contribution is -2.45. The van der Waals surface area contributed by atoms with Crippen molar-refractivity contribution >= 4 is 11.8 Å². The predicted molar refractivity (Wildman–Crippen MR) is 120 cm³/mol. The lowest BCUT2D eigenvalue weighted by atomic mass is 9.95. The minimum atomic E-state index is -0.381. The molecule has 0 aliphatic carbocycles. The molecule has 6 nitrogen and oxygen atoms in total. The number of nitrogens with one attached hydrogen (secondary N) is 1. The average molecular weight is 443 g/mol. The number of ether oxygens (including phenoxy) is 2. The number of nitrogens with zero attached hydrogens (tertiary/aromatic N) is 1. The van der Waals surface area contributed by atoms with Gasteiger partial charge in [-0.3, -0.25) is 9.59 Å². The monoisotopic (exact) mass is 442 g/mol. The third-order valence-electron chi connectivity index (χ3n) is 5.60. The summed E-state index contributed by atoms with van der Waals surface area (Å²) in [5.41, 5.74) is 1.35. The first-order valence-corrected chi connectivity index (χ1v) is 11.2. The van der Waals surface area contributed by atoms with Gasteiger partial charge in [-0.25, -0.2) is 4.39 Å². The van der Waals surface area contributed by atoms with E-state index in [0.29, 0.717) is 43.4 Å². The molecule has 172 valence electrons. The third-order valence-corrected chi connectivity index (χ3v) is 5.60. The lowest BCUT2D eigenvalue weighted by Gasteiger charge is -2.32. The maximum Gasteiger partial charge on any atom is 0.253 e. The number of carbonyl (C=O) groups is 2. The summed E-state index contributed by atoms with van der Waals surface area (Å²) < 4.78 is 24.5. The van der Waals surface area contributed by atoms with Crippen molar-refractivity contribution in [2.45, 2.75) is 39.7 Å². The van der Waals surface area contributed by atoms with Crippen molar-refractivity contribution in [2.75, 3.05) is 26.3 Å². The second-order valence-electron chi connectivity index (χ2n) is 7.90. The zero-order valence-corrected chi connectivity index (χ0v) is 18.9. The van der Waals surface area contributed by atoms with Gasteiger partial charge in [0.1, 0.15) is 5.82 Å². The molecule has 0 saturated carbocycles. The molecule has 1 fully saturated rings. The fraction of sp³-hybridized carbons (Fsp3) is 0.440. The Balaban J connectivity index is 1.64. The van der Waals surface area contributed by atoms with Crippen LogP contribution in [0.1, 0.15) is 55.6 Å². The minimum absolute atomic E-state index is 0.0825. The van der Waals surface area contributed by atoms with Crippen LogP contribution in [0.15, 0.2) is 42.5 Å². The Morgan fingerprint density at radius 3 is 2.47 bits per heavy atom. The van der Waals surface area contributed by atoms with Crippen LogP contribution in [-0.2, 0) is 4.79 Å². The van der Waals surface area contributed by atoms with E-state index in [-0.39, 0.29) is 29.6 Å². The number of likely N-dealkylation sites (tertiary alicyclic amines) is 1. The zero-order chi connectivity index (χ0) is 23.1. The molecular formula is C25H31FN2O4. The Kier molecular flexibility index (Phi) is 8.09. The molecule has 1 aliphatic rings. The number of benzene rings is 2. The van der Waals surface area contributed by atoms with Gasteiger partial charge in [-0.15, -0.1) is 0 Å². The van der Waals surface area contributed by atoms with Gasteiger partial charge in [0, 0.05) is 18.7 Å². The van der Waals surface area contributed by atoms with E-state index in [2.05, 4.69) is 5.32 Å². The molecule has 0 radical (unpaired) electrons. The van der Waals surface area contributed by atoms with Gasteiger partial charge < -0.3 is 19.7 Å². The molecule has 0 aromatic heterocycles. The van der Waals surface area contributed by atoms with Crippen molar-refractivity contribution in [3.63, 3.8) is 0 Å². The molecule has 1 heterocycles. The van der Waals surface area contributed by atoms with E-state index in [1.165, 1.54) is 24.3 Å². The molecule has 2 amide bonds. The van der Waals surface area contributed by atoms with Crippen LogP contribution in [0.5, 0.6) is 11.5 Å². The van der Waals surface area contributed by atoms with Crippen LogP contribution in [0.25, 0.3) is 0 Å². The van der Waals surface area contributed by atoms with E-state index in [4.69, 9.17) is 9.47 Å². The van der Waals surface area contributed by atoms with E-state index in [1.807, 2.05) is 39.0 Å². The van der Waals surface area contributed by atoms with Crippen molar-refractivity contribution in [1.82, 2.24) is 10.2 Å². The topological polar surface area (TPSA) is 67.9 Å². The molecule has 1 aliphatic heterocycles. The molecule has 32 heavy (non-hydrogen) atoms. The predicted octanol–water partition coefficient (Wildman–Crippen LogP) is 4.35. The van der Waals surface area contributed by atoms with Crippen molar-refractivity contribution in [3.05, 3.63) is 59.4 Å². The minimum Gasteiger partial charge on any atom is -0.490 e. The first-order valence-electron chi connectivity index (χ1n) is 11.2. The Morgan fingerprint density at radius 1 is 1.09 bits per heavy atom. The Morgan fingerprint density at radius 2 is 1.78 bits per heavy atom. The highest BCUT2D eigenvalue weighted by molar-refractivity contribution is 5.94. The summed E-state index contributed by atoms with van der Waals surface area (Å²) in [6.45, 7) is 7.75. The largest absolute Gasteiger partial charge is 0.490 e. The summed E-state index contributed by atoms with van der Waals surface area (Å²) in [4.78, 5) is 27.4. The van der Waals surface area contributed by atoms with Crippen LogP contribution in [0, 0.1) is 11.7 Å². The van der Waals surface area contributed by atoms with Gasteiger partial charge in [-0.2, -0.15) is 0 Å². The molecule has 0 spiro atoms. The van der Waals surface area contributed by atoms with E-state index in [0.717, 1.165) is 18.4 Å². The number of halogens is 1. The van der Waals surface area contributed by atoms with Crippen LogP contribution < -0.4 is 14.8 Å². The van der Waals surface area contributed by atoms with Crippen molar-refractivity contribution in [1.29, 1.82) is 0 Å². The molecule has 2 atom stereocenters. The molecule has 2 aromatic carbocycles. The third kappa shape index (κ3) is 5.78. The second-order valence-corrected chi connectivity index (χ2v) is 7.90. The highest BCUT2D eigenvalue weighted by Crippen LogP contribution is 2.31. The molecule has 0 bridgehead atoms. The van der Waals surface area contributed by atoms with Crippen LogP contribution in [0.4, 0.5) is 4.39 Å². The summed E-state index contributed by atoms with van der Waals surface area (Å²) in [5, 5.41) is 3.07. The highest BCUT2D eigenvalue weighted by atomic mass is 19.1. The molecule has 2 aromatic rings. The van der Waals surface area contributed by atoms with Crippen LogP contribution in [0.2, 0.25) is 0 Å². The number of piperidine rings is 1. The number of amides is 2. The summed E-state index contributed by atoms with van der Waals surface area (Å²) in [6, 6.07) is 11.0. The van der Waals surface area contributed by atoms with Gasteiger partial charge in [0.15, 0.2) is 11.5 Å². The fourth-order valence-corrected chi connectivity index (χ4v) is 3.90. The van der Waals surface area contributed by atoms with Gasteiger partial charge in [-0.05, 0) is 75.6 Å². The molecule has 0 unspecified atom stereocenters. The quantitative estimate of drug-likeness (QED) is 0.660. The standard InChI is InChI=1S/C25H31FN2O4/c1-4-31-22-13-10-19(15-23(22)32-5-2)17(3)27-24(29)20-7-6-14-28(16-20)25(30)18-8-11-21(26)12-9-18/h8-13,15,17,20H,4-7,14,16H2,1-3H3,(H,27,29)/t17-,20+/m1/s1. The normalized spacial score (nSPS) is 16.9. The van der Waals surface area contributed by atoms with Crippen LogP contribution >= 0.6 is 0 Å². The van der Waals surface area contributed by atoms with Gasteiger partial charge in [-0.1, -0.05) is 6.07 Å². The van der Waals surface area contributed by atoms with E-state index in [1.54, 1.807) is 4.90 Å². The second kappa shape index (κ2) is 11.0. The van der Waals surface area contributed by atoms with Crippen molar-refractivity contribution in [3.8, 4) is 11.5 Å². The Bertz CT molecular complexity index is 932. The highest BCUT2D eigenvalue weighted by Gasteiger charge is 2.29. The van der Waals surface area contributed by atoms with E-state index >= 15 is 0 Å². The lowest BCUT2D eigenvalue weighted by molar-refractivity contribution is -0.127. The van der Waals surface area contributed by atoms with Crippen LogP contribution in [0.3, 0.4) is 0 Å². The van der Waals surface area contributed by atoms with Gasteiger partial charge >= 0.3 is 0 Å². The molecule has 7 heteroatoms. The van der Waals surface area contributed by atoms with E-state index < -0.39 is 0 Å². The first kappa shape index (κ1) is 23.6. The zero-order valence-electron chi connectivity index (χ0n) is 18.9.